The van der Waals surface area contributed by atoms with Gasteiger partial charge < -0.3 is 10.8 Å². The Kier molecular flexibility index (Phi) is 1.91. The van der Waals surface area contributed by atoms with Gasteiger partial charge in [0.15, 0.2) is 0 Å². The molecule has 4 heteroatoms. The van der Waals surface area contributed by atoms with Gasteiger partial charge in [-0.1, -0.05) is 0 Å². The van der Waals surface area contributed by atoms with E-state index in [-0.39, 0.29) is 17.2 Å². The molecule has 74 valence electrons. The van der Waals surface area contributed by atoms with Crippen molar-refractivity contribution >= 4 is 11.7 Å². The number of hydrogen-bond donors (Lipinski definition) is 2. The first-order chi connectivity index (χ1) is 6.59. The zero-order valence-electron chi connectivity index (χ0n) is 7.46. The van der Waals surface area contributed by atoms with Crippen LogP contribution in [0.1, 0.15) is 34.7 Å². The monoisotopic (exact) mass is 195 g/mol. The summed E-state index contributed by atoms with van der Waals surface area (Å²) >= 11 is 0. The maximum absolute atomic E-state index is 13.3. The van der Waals surface area contributed by atoms with Crippen molar-refractivity contribution in [1.82, 2.24) is 0 Å². The fraction of sp³-hybridized carbons (Fsp3) is 0.300. The van der Waals surface area contributed by atoms with Crippen LogP contribution in [0.2, 0.25) is 0 Å². The zero-order valence-corrected chi connectivity index (χ0v) is 7.46. The van der Waals surface area contributed by atoms with Gasteiger partial charge in [-0.25, -0.2) is 9.18 Å². The smallest absolute Gasteiger partial charge is 0.337 e. The van der Waals surface area contributed by atoms with Crippen LogP contribution < -0.4 is 5.73 Å². The van der Waals surface area contributed by atoms with Crippen molar-refractivity contribution in [3.05, 3.63) is 29.1 Å². The molecule has 0 amide bonds. The Morgan fingerprint density at radius 2 is 2.14 bits per heavy atom. The Bertz CT molecular complexity index is 399. The number of nitrogen functional groups attached to an aromatic ring is 1. The molecular formula is C10H10FNO2. The predicted octanol–water partition coefficient (Wildman–Crippen LogP) is 1.98. The second kappa shape index (κ2) is 2.97. The van der Waals surface area contributed by atoms with E-state index in [1.807, 2.05) is 0 Å². The molecule has 0 bridgehead atoms. The molecule has 1 aromatic rings. The summed E-state index contributed by atoms with van der Waals surface area (Å²) in [5, 5.41) is 8.78. The summed E-state index contributed by atoms with van der Waals surface area (Å²) in [6.45, 7) is 0. The molecule has 0 radical (unpaired) electrons. The number of halogens is 1. The van der Waals surface area contributed by atoms with Gasteiger partial charge in [-0.15, -0.1) is 0 Å². The molecule has 1 saturated carbocycles. The third-order valence-electron chi connectivity index (χ3n) is 2.42. The van der Waals surface area contributed by atoms with Crippen molar-refractivity contribution in [3.63, 3.8) is 0 Å². The van der Waals surface area contributed by atoms with Crippen molar-refractivity contribution in [2.24, 2.45) is 0 Å². The zero-order chi connectivity index (χ0) is 10.3. The molecule has 1 aliphatic carbocycles. The summed E-state index contributed by atoms with van der Waals surface area (Å²) < 4.78 is 13.3. The van der Waals surface area contributed by atoms with Crippen LogP contribution in [0.25, 0.3) is 0 Å². The van der Waals surface area contributed by atoms with E-state index in [2.05, 4.69) is 0 Å². The maximum atomic E-state index is 13.3. The largest absolute Gasteiger partial charge is 0.478 e. The van der Waals surface area contributed by atoms with Gasteiger partial charge in [-0.05, 0) is 36.5 Å². The number of carbonyl (C=O) groups is 1. The van der Waals surface area contributed by atoms with E-state index < -0.39 is 11.8 Å². The lowest BCUT2D eigenvalue weighted by Gasteiger charge is -2.05. The van der Waals surface area contributed by atoms with Crippen LogP contribution in [0, 0.1) is 5.82 Å². The van der Waals surface area contributed by atoms with Crippen molar-refractivity contribution in [2.75, 3.05) is 5.73 Å². The second-order valence-electron chi connectivity index (χ2n) is 3.54. The topological polar surface area (TPSA) is 63.3 Å². The van der Waals surface area contributed by atoms with E-state index in [0.29, 0.717) is 5.56 Å². The molecule has 0 atom stereocenters. The van der Waals surface area contributed by atoms with Gasteiger partial charge >= 0.3 is 5.97 Å². The Labute approximate surface area is 80.3 Å². The summed E-state index contributed by atoms with van der Waals surface area (Å²) in [5.74, 6) is -1.31. The highest BCUT2D eigenvalue weighted by Crippen LogP contribution is 2.42. The molecule has 1 aromatic carbocycles. The van der Waals surface area contributed by atoms with Gasteiger partial charge in [-0.2, -0.15) is 0 Å². The SMILES string of the molecule is Nc1cc(F)c(C2CC2)cc1C(=O)O. The fourth-order valence-corrected chi connectivity index (χ4v) is 1.50. The average molecular weight is 195 g/mol. The van der Waals surface area contributed by atoms with E-state index in [0.717, 1.165) is 18.9 Å². The van der Waals surface area contributed by atoms with Crippen molar-refractivity contribution in [2.45, 2.75) is 18.8 Å². The number of anilines is 1. The number of rotatable bonds is 2. The van der Waals surface area contributed by atoms with Gasteiger partial charge in [0.1, 0.15) is 5.82 Å². The Hall–Kier alpha value is -1.58. The minimum absolute atomic E-state index is 0.00620. The number of aromatic carboxylic acids is 1. The molecular weight excluding hydrogens is 185 g/mol. The summed E-state index contributed by atoms with van der Waals surface area (Å²) in [6.07, 6.45) is 1.86. The van der Waals surface area contributed by atoms with Crippen LogP contribution in [0.3, 0.4) is 0 Å². The number of hydrogen-bond acceptors (Lipinski definition) is 2. The average Bonchev–Trinajstić information content (AvgIpc) is 2.86. The number of benzene rings is 1. The number of carboxylic acid groups (broad SMARTS) is 1. The number of carboxylic acids is 1. The van der Waals surface area contributed by atoms with Crippen LogP contribution >= 0.6 is 0 Å². The van der Waals surface area contributed by atoms with Crippen LogP contribution in [-0.4, -0.2) is 11.1 Å². The predicted molar refractivity (Wildman–Crippen MR) is 49.7 cm³/mol. The Morgan fingerprint density at radius 3 is 2.64 bits per heavy atom. The minimum Gasteiger partial charge on any atom is -0.478 e. The van der Waals surface area contributed by atoms with Crippen molar-refractivity contribution in [3.8, 4) is 0 Å². The quantitative estimate of drug-likeness (QED) is 0.709. The molecule has 0 aliphatic heterocycles. The maximum Gasteiger partial charge on any atom is 0.337 e. The van der Waals surface area contributed by atoms with Crippen LogP contribution in [0.5, 0.6) is 0 Å². The second-order valence-corrected chi connectivity index (χ2v) is 3.54. The van der Waals surface area contributed by atoms with E-state index in [4.69, 9.17) is 10.8 Å². The van der Waals surface area contributed by atoms with E-state index in [9.17, 15) is 9.18 Å². The first-order valence-electron chi connectivity index (χ1n) is 4.42. The first-order valence-corrected chi connectivity index (χ1v) is 4.42. The molecule has 2 rings (SSSR count). The van der Waals surface area contributed by atoms with Gasteiger partial charge in [0.25, 0.3) is 0 Å². The Morgan fingerprint density at radius 1 is 1.50 bits per heavy atom. The molecule has 14 heavy (non-hydrogen) atoms. The third kappa shape index (κ3) is 1.43. The van der Waals surface area contributed by atoms with E-state index >= 15 is 0 Å². The fourth-order valence-electron chi connectivity index (χ4n) is 1.50. The van der Waals surface area contributed by atoms with Gasteiger partial charge in [-0.3, -0.25) is 0 Å². The van der Waals surface area contributed by atoms with Gasteiger partial charge in [0.05, 0.1) is 5.56 Å². The lowest BCUT2D eigenvalue weighted by molar-refractivity contribution is 0.0698. The van der Waals surface area contributed by atoms with E-state index in [1.54, 1.807) is 0 Å². The molecule has 1 fully saturated rings. The van der Waals surface area contributed by atoms with Gasteiger partial charge in [0, 0.05) is 5.69 Å². The Balaban J connectivity index is 2.51. The summed E-state index contributed by atoms with van der Waals surface area (Å²) in [4.78, 5) is 10.7. The van der Waals surface area contributed by atoms with Crippen LogP contribution in [-0.2, 0) is 0 Å². The summed E-state index contributed by atoms with van der Waals surface area (Å²) in [5.41, 5.74) is 5.85. The molecule has 0 spiro atoms. The van der Waals surface area contributed by atoms with Crippen LogP contribution in [0.15, 0.2) is 12.1 Å². The lowest BCUT2D eigenvalue weighted by Crippen LogP contribution is -2.04. The minimum atomic E-state index is -1.11. The number of nitrogens with two attached hydrogens (primary N) is 1. The van der Waals surface area contributed by atoms with Crippen LogP contribution in [0.4, 0.5) is 10.1 Å². The first kappa shape index (κ1) is 8.99. The van der Waals surface area contributed by atoms with Crippen molar-refractivity contribution in [1.29, 1.82) is 0 Å². The molecule has 0 saturated heterocycles. The molecule has 3 N–H and O–H groups in total. The van der Waals surface area contributed by atoms with Crippen molar-refractivity contribution < 1.29 is 14.3 Å². The molecule has 0 heterocycles. The molecule has 3 nitrogen and oxygen atoms in total. The highest BCUT2D eigenvalue weighted by atomic mass is 19.1. The highest BCUT2D eigenvalue weighted by Gasteiger charge is 2.28. The van der Waals surface area contributed by atoms with Gasteiger partial charge in [0.2, 0.25) is 0 Å². The summed E-state index contributed by atoms with van der Waals surface area (Å²) in [6, 6.07) is 2.45. The molecule has 0 unspecified atom stereocenters. The summed E-state index contributed by atoms with van der Waals surface area (Å²) in [7, 11) is 0. The molecule has 1 aliphatic rings. The normalized spacial score (nSPS) is 15.5. The lowest BCUT2D eigenvalue weighted by atomic mass is 10.0. The standard InChI is InChI=1S/C10H10FNO2/c11-8-4-9(12)7(10(13)14)3-6(8)5-1-2-5/h3-5H,1-2,12H2,(H,13,14). The third-order valence-corrected chi connectivity index (χ3v) is 2.42. The highest BCUT2D eigenvalue weighted by molar-refractivity contribution is 5.93. The van der Waals surface area contributed by atoms with E-state index in [1.165, 1.54) is 6.07 Å². The molecule has 0 aromatic heterocycles.